The highest BCUT2D eigenvalue weighted by Gasteiger charge is 2.18. The van der Waals surface area contributed by atoms with Gasteiger partial charge in [-0.25, -0.2) is 9.97 Å². The smallest absolute Gasteiger partial charge is 0.325 e. The summed E-state index contributed by atoms with van der Waals surface area (Å²) in [5.74, 6) is 0.639. The van der Waals surface area contributed by atoms with Gasteiger partial charge in [0.05, 0.1) is 36.0 Å². The van der Waals surface area contributed by atoms with E-state index >= 15 is 0 Å². The van der Waals surface area contributed by atoms with Crippen LogP contribution in [-0.2, 0) is 16.1 Å². The lowest BCUT2D eigenvalue weighted by Gasteiger charge is -2.13. The van der Waals surface area contributed by atoms with Gasteiger partial charge in [-0.3, -0.25) is 4.79 Å². The molecule has 0 saturated heterocycles. The van der Waals surface area contributed by atoms with Gasteiger partial charge in [0.1, 0.15) is 6.54 Å². The molecule has 0 aliphatic carbocycles. The Morgan fingerprint density at radius 1 is 1.18 bits per heavy atom. The van der Waals surface area contributed by atoms with Crippen molar-refractivity contribution >= 4 is 17.0 Å². The zero-order valence-electron chi connectivity index (χ0n) is 17.4. The Labute approximate surface area is 165 Å². The van der Waals surface area contributed by atoms with Crippen molar-refractivity contribution in [3.8, 4) is 17.1 Å². The summed E-state index contributed by atoms with van der Waals surface area (Å²) in [6.45, 7) is 10.6. The molecule has 0 saturated carbocycles. The molecule has 0 fully saturated rings. The van der Waals surface area contributed by atoms with Crippen LogP contribution in [0.3, 0.4) is 0 Å². The third kappa shape index (κ3) is 3.72. The molecule has 6 heteroatoms. The first-order chi connectivity index (χ1) is 13.3. The van der Waals surface area contributed by atoms with Gasteiger partial charge < -0.3 is 14.0 Å². The van der Waals surface area contributed by atoms with Crippen LogP contribution < -0.4 is 4.74 Å². The second-order valence-corrected chi connectivity index (χ2v) is 7.21. The largest absolute Gasteiger partial charge is 0.480 e. The number of methoxy groups -OCH3 is 1. The molecular formula is C22H27N3O3. The fourth-order valence-electron chi connectivity index (χ4n) is 3.33. The van der Waals surface area contributed by atoms with E-state index in [4.69, 9.17) is 14.5 Å². The normalized spacial score (nSPS) is 11.2. The fourth-order valence-corrected chi connectivity index (χ4v) is 3.33. The van der Waals surface area contributed by atoms with Crippen LogP contribution >= 0.6 is 0 Å². The van der Waals surface area contributed by atoms with E-state index in [-0.39, 0.29) is 12.5 Å². The van der Waals surface area contributed by atoms with E-state index in [1.165, 1.54) is 0 Å². The number of fused-ring (bicyclic) bond motifs is 1. The molecule has 3 aromatic heterocycles. The molecule has 28 heavy (non-hydrogen) atoms. The maximum absolute atomic E-state index is 11.9. The summed E-state index contributed by atoms with van der Waals surface area (Å²) in [4.78, 5) is 21.5. The van der Waals surface area contributed by atoms with Crippen molar-refractivity contribution in [2.45, 2.75) is 47.1 Å². The zero-order chi connectivity index (χ0) is 20.4. The zero-order valence-corrected chi connectivity index (χ0v) is 17.4. The maximum Gasteiger partial charge on any atom is 0.325 e. The number of aryl methyl sites for hydroxylation is 2. The van der Waals surface area contributed by atoms with Crippen LogP contribution in [0, 0.1) is 13.8 Å². The van der Waals surface area contributed by atoms with Crippen molar-refractivity contribution < 1.29 is 14.3 Å². The van der Waals surface area contributed by atoms with Crippen LogP contribution in [0.25, 0.3) is 22.3 Å². The molecule has 0 radical (unpaired) electrons. The van der Waals surface area contributed by atoms with Gasteiger partial charge in [0, 0.05) is 11.9 Å². The molecule has 0 amide bonds. The summed E-state index contributed by atoms with van der Waals surface area (Å²) < 4.78 is 12.5. The highest BCUT2D eigenvalue weighted by molar-refractivity contribution is 5.86. The van der Waals surface area contributed by atoms with Gasteiger partial charge in [0.15, 0.2) is 0 Å². The van der Waals surface area contributed by atoms with E-state index in [0.717, 1.165) is 39.1 Å². The lowest BCUT2D eigenvalue weighted by atomic mass is 10.0. The number of hydrogen-bond acceptors (Lipinski definition) is 5. The summed E-state index contributed by atoms with van der Waals surface area (Å²) >= 11 is 0. The van der Waals surface area contributed by atoms with Gasteiger partial charge in [0.25, 0.3) is 0 Å². The minimum Gasteiger partial charge on any atom is -0.480 e. The highest BCUT2D eigenvalue weighted by atomic mass is 16.5. The number of rotatable bonds is 6. The van der Waals surface area contributed by atoms with Gasteiger partial charge in [0.2, 0.25) is 5.88 Å². The first kappa shape index (κ1) is 19.9. The number of esters is 1. The third-order valence-electron chi connectivity index (χ3n) is 4.75. The molecule has 0 unspecified atom stereocenters. The topological polar surface area (TPSA) is 66.2 Å². The van der Waals surface area contributed by atoms with Crippen LogP contribution in [0.2, 0.25) is 0 Å². The van der Waals surface area contributed by atoms with Crippen molar-refractivity contribution in [2.24, 2.45) is 0 Å². The minimum atomic E-state index is -0.253. The van der Waals surface area contributed by atoms with E-state index in [0.29, 0.717) is 18.4 Å². The van der Waals surface area contributed by atoms with Gasteiger partial charge in [-0.15, -0.1) is 0 Å². The van der Waals surface area contributed by atoms with Crippen LogP contribution in [-0.4, -0.2) is 34.2 Å². The number of nitrogens with zero attached hydrogens (tertiary/aromatic N) is 3. The quantitative estimate of drug-likeness (QED) is 0.592. The van der Waals surface area contributed by atoms with Crippen molar-refractivity contribution in [1.29, 1.82) is 0 Å². The third-order valence-corrected chi connectivity index (χ3v) is 4.75. The average Bonchev–Trinajstić information content (AvgIpc) is 2.95. The van der Waals surface area contributed by atoms with Crippen molar-refractivity contribution in [2.75, 3.05) is 13.7 Å². The Morgan fingerprint density at radius 3 is 2.57 bits per heavy atom. The molecule has 3 heterocycles. The van der Waals surface area contributed by atoms with Crippen molar-refractivity contribution in [1.82, 2.24) is 14.5 Å². The summed E-state index contributed by atoms with van der Waals surface area (Å²) in [5, 5.41) is 0. The molecule has 0 spiro atoms. The molecule has 0 N–H and O–H groups in total. The maximum atomic E-state index is 11.9. The summed E-state index contributed by atoms with van der Waals surface area (Å²) in [7, 11) is 1.63. The lowest BCUT2D eigenvalue weighted by molar-refractivity contribution is -0.143. The number of pyridine rings is 2. The Hall–Kier alpha value is -2.89. The summed E-state index contributed by atoms with van der Waals surface area (Å²) in [5.41, 5.74) is 6.46. The van der Waals surface area contributed by atoms with Crippen LogP contribution in [0.15, 0.2) is 24.4 Å². The Kier molecular flexibility index (Phi) is 5.68. The fraction of sp³-hybridized carbons (Fsp3) is 0.409. The second kappa shape index (κ2) is 8.00. The molecule has 0 aliphatic heterocycles. The molecule has 0 aromatic carbocycles. The molecule has 3 rings (SSSR count). The number of aromatic nitrogens is 3. The number of carbonyl (C=O) groups is 1. The molecule has 0 atom stereocenters. The van der Waals surface area contributed by atoms with Gasteiger partial charge in [-0.2, -0.15) is 0 Å². The molecule has 6 nitrogen and oxygen atoms in total. The minimum absolute atomic E-state index is 0.173. The van der Waals surface area contributed by atoms with Gasteiger partial charge in [-0.05, 0) is 56.0 Å². The lowest BCUT2D eigenvalue weighted by Crippen LogP contribution is -2.12. The number of ether oxygens (including phenoxy) is 2. The van der Waals surface area contributed by atoms with Crippen LogP contribution in [0.5, 0.6) is 5.88 Å². The highest BCUT2D eigenvalue weighted by Crippen LogP contribution is 2.33. The number of hydrogen-bond donors (Lipinski definition) is 0. The van der Waals surface area contributed by atoms with E-state index in [1.54, 1.807) is 14.0 Å². The second-order valence-electron chi connectivity index (χ2n) is 7.21. The van der Waals surface area contributed by atoms with Crippen LogP contribution in [0.4, 0.5) is 0 Å². The molecular weight excluding hydrogens is 354 g/mol. The first-order valence-corrected chi connectivity index (χ1v) is 9.53. The van der Waals surface area contributed by atoms with E-state index in [1.807, 2.05) is 36.7 Å². The van der Waals surface area contributed by atoms with Crippen molar-refractivity contribution in [3.63, 3.8) is 0 Å². The standard InChI is InChI=1S/C22H27N3O3/c1-7-28-19(26)12-25-11-15(5)21-18(25)10-14(4)20(24-21)16-8-9-17(13(2)3)23-22(16)27-6/h8-11,13H,7,12H2,1-6H3. The van der Waals surface area contributed by atoms with Crippen molar-refractivity contribution in [3.05, 3.63) is 41.2 Å². The van der Waals surface area contributed by atoms with Gasteiger partial charge >= 0.3 is 5.97 Å². The summed E-state index contributed by atoms with van der Waals surface area (Å²) in [6, 6.07) is 6.10. The SMILES string of the molecule is CCOC(=O)Cn1cc(C)c2nc(-c3ccc(C(C)C)nc3OC)c(C)cc21. The van der Waals surface area contributed by atoms with Crippen LogP contribution in [0.1, 0.15) is 43.5 Å². The van der Waals surface area contributed by atoms with E-state index in [2.05, 4.69) is 24.9 Å². The summed E-state index contributed by atoms with van der Waals surface area (Å²) in [6.07, 6.45) is 1.94. The predicted octanol–water partition coefficient (Wildman–Crippen LogP) is 4.41. The molecule has 0 aliphatic rings. The Morgan fingerprint density at radius 2 is 1.93 bits per heavy atom. The first-order valence-electron chi connectivity index (χ1n) is 9.53. The Balaban J connectivity index is 2.10. The average molecular weight is 381 g/mol. The predicted molar refractivity (Wildman–Crippen MR) is 110 cm³/mol. The van der Waals surface area contributed by atoms with E-state index in [9.17, 15) is 4.79 Å². The molecule has 148 valence electrons. The molecule has 0 bridgehead atoms. The molecule has 3 aromatic rings. The number of carbonyl (C=O) groups excluding carboxylic acids is 1. The van der Waals surface area contributed by atoms with Gasteiger partial charge in [-0.1, -0.05) is 13.8 Å². The van der Waals surface area contributed by atoms with E-state index < -0.39 is 0 Å². The monoisotopic (exact) mass is 381 g/mol. The Bertz CT molecular complexity index is 1020.